The molecule has 2 aromatic heterocycles. The fourth-order valence-corrected chi connectivity index (χ4v) is 3.84. The summed E-state index contributed by atoms with van der Waals surface area (Å²) in [7, 11) is 0. The minimum Gasteiger partial charge on any atom is -0.361 e. The third-order valence-electron chi connectivity index (χ3n) is 4.45. The topological polar surface area (TPSA) is 51.6 Å². The number of aromatic amines is 1. The molecule has 2 N–H and O–H groups in total. The molecule has 1 aliphatic carbocycles. The fourth-order valence-electron chi connectivity index (χ4n) is 3.17. The molecule has 1 aliphatic rings. The molecule has 2 atom stereocenters. The number of nitrogens with zero attached hydrogens (tertiary/aromatic N) is 1. The van der Waals surface area contributed by atoms with Gasteiger partial charge in [0.25, 0.3) is 0 Å². The van der Waals surface area contributed by atoms with Crippen LogP contribution in [-0.4, -0.2) is 11.5 Å². The zero-order valence-electron chi connectivity index (χ0n) is 12.2. The third-order valence-corrected chi connectivity index (χ3v) is 5.33. The van der Waals surface area contributed by atoms with Crippen LogP contribution in [0, 0.1) is 17.2 Å². The molecule has 4 heteroatoms. The van der Waals surface area contributed by atoms with Gasteiger partial charge in [0.1, 0.15) is 0 Å². The summed E-state index contributed by atoms with van der Waals surface area (Å²) in [5.41, 5.74) is 3.24. The molecular weight excluding hydrogens is 290 g/mol. The van der Waals surface area contributed by atoms with Gasteiger partial charge in [0.2, 0.25) is 0 Å². The van der Waals surface area contributed by atoms with Crippen LogP contribution in [0.15, 0.2) is 41.9 Å². The van der Waals surface area contributed by atoms with Gasteiger partial charge in [-0.1, -0.05) is 6.07 Å². The lowest BCUT2D eigenvalue weighted by atomic mass is 10.1. The van der Waals surface area contributed by atoms with Gasteiger partial charge >= 0.3 is 0 Å². The zero-order chi connectivity index (χ0) is 14.9. The van der Waals surface area contributed by atoms with E-state index < -0.39 is 0 Å². The van der Waals surface area contributed by atoms with Crippen molar-refractivity contribution in [1.29, 1.82) is 5.26 Å². The molecule has 2 heterocycles. The molecule has 0 aliphatic heterocycles. The number of hydrogen-bond donors (Lipinski definition) is 2. The molecule has 0 amide bonds. The van der Waals surface area contributed by atoms with Gasteiger partial charge in [-0.2, -0.15) is 5.26 Å². The molecule has 0 spiro atoms. The normalized spacial score (nSPS) is 20.1. The van der Waals surface area contributed by atoms with Gasteiger partial charge in [0, 0.05) is 28.5 Å². The average molecular weight is 307 g/mol. The van der Waals surface area contributed by atoms with Crippen molar-refractivity contribution in [3.05, 3.63) is 57.9 Å². The number of rotatable bonds is 5. The summed E-state index contributed by atoms with van der Waals surface area (Å²) in [5, 5.41) is 16.0. The van der Waals surface area contributed by atoms with Crippen LogP contribution >= 0.6 is 11.3 Å². The first-order chi connectivity index (χ1) is 10.8. The van der Waals surface area contributed by atoms with Crippen LogP contribution in [0.2, 0.25) is 0 Å². The highest BCUT2D eigenvalue weighted by Crippen LogP contribution is 2.49. The van der Waals surface area contributed by atoms with E-state index in [2.05, 4.69) is 40.1 Å². The van der Waals surface area contributed by atoms with Crippen molar-refractivity contribution in [2.24, 2.45) is 5.92 Å². The van der Waals surface area contributed by atoms with Crippen molar-refractivity contribution in [3.8, 4) is 6.07 Å². The van der Waals surface area contributed by atoms with E-state index in [9.17, 15) is 0 Å². The van der Waals surface area contributed by atoms with Crippen LogP contribution in [0.3, 0.4) is 0 Å². The van der Waals surface area contributed by atoms with E-state index in [1.807, 2.05) is 18.2 Å². The molecule has 4 rings (SSSR count). The summed E-state index contributed by atoms with van der Waals surface area (Å²) >= 11 is 1.80. The molecule has 110 valence electrons. The molecule has 1 aromatic carbocycles. The van der Waals surface area contributed by atoms with Gasteiger partial charge in [-0.25, -0.2) is 0 Å². The highest BCUT2D eigenvalue weighted by Gasteiger charge is 2.39. The number of aromatic nitrogens is 1. The zero-order valence-corrected chi connectivity index (χ0v) is 13.0. The van der Waals surface area contributed by atoms with Crippen LogP contribution in [0.1, 0.15) is 28.3 Å². The lowest BCUT2D eigenvalue weighted by Crippen LogP contribution is -2.16. The summed E-state index contributed by atoms with van der Waals surface area (Å²) in [6.45, 7) is 2.03. The first-order valence-electron chi connectivity index (χ1n) is 7.59. The highest BCUT2D eigenvalue weighted by atomic mass is 32.1. The van der Waals surface area contributed by atoms with Gasteiger partial charge in [-0.3, -0.25) is 0 Å². The minimum absolute atomic E-state index is 0.624. The van der Waals surface area contributed by atoms with Gasteiger partial charge in [0.15, 0.2) is 0 Å². The first-order valence-corrected chi connectivity index (χ1v) is 8.47. The predicted octanol–water partition coefficient (Wildman–Crippen LogP) is 3.99. The molecule has 1 saturated carbocycles. The van der Waals surface area contributed by atoms with E-state index >= 15 is 0 Å². The Bertz CT molecular complexity index is 826. The number of fused-ring (bicyclic) bond motifs is 1. The van der Waals surface area contributed by atoms with Gasteiger partial charge < -0.3 is 10.3 Å². The summed E-state index contributed by atoms with van der Waals surface area (Å²) in [4.78, 5) is 4.72. The first kappa shape index (κ1) is 13.6. The van der Waals surface area contributed by atoms with Crippen molar-refractivity contribution in [1.82, 2.24) is 10.3 Å². The second kappa shape index (κ2) is 5.60. The standard InChI is InChI=1S/C18H17N3S/c19-8-12-3-4-18-16(6-12)17(11-21-18)15-7-13(15)9-20-10-14-2-1-5-22-14/h1-6,11,13,15,20-21H,7,9-10H2. The van der Waals surface area contributed by atoms with E-state index in [-0.39, 0.29) is 0 Å². The van der Waals surface area contributed by atoms with Crippen LogP contribution in [0.5, 0.6) is 0 Å². The Kier molecular flexibility index (Phi) is 3.45. The SMILES string of the molecule is N#Cc1ccc2[nH]cc(C3CC3CNCc3cccs3)c2c1. The molecule has 22 heavy (non-hydrogen) atoms. The Hall–Kier alpha value is -2.09. The van der Waals surface area contributed by atoms with Crippen LogP contribution in [0.25, 0.3) is 10.9 Å². The maximum Gasteiger partial charge on any atom is 0.0991 e. The maximum absolute atomic E-state index is 9.07. The second-order valence-electron chi connectivity index (χ2n) is 5.93. The molecule has 0 saturated heterocycles. The molecule has 3 aromatic rings. The van der Waals surface area contributed by atoms with Crippen molar-refractivity contribution >= 4 is 22.2 Å². The van der Waals surface area contributed by atoms with E-state index in [1.54, 1.807) is 11.3 Å². The largest absolute Gasteiger partial charge is 0.361 e. The van der Waals surface area contributed by atoms with E-state index in [1.165, 1.54) is 22.2 Å². The Balaban J connectivity index is 1.42. The Morgan fingerprint density at radius 1 is 1.36 bits per heavy atom. The molecule has 0 radical (unpaired) electrons. The number of nitriles is 1. The Morgan fingerprint density at radius 3 is 3.14 bits per heavy atom. The smallest absolute Gasteiger partial charge is 0.0991 e. The van der Waals surface area contributed by atoms with Gasteiger partial charge in [-0.15, -0.1) is 11.3 Å². The van der Waals surface area contributed by atoms with E-state index in [0.29, 0.717) is 11.8 Å². The number of hydrogen-bond acceptors (Lipinski definition) is 3. The monoisotopic (exact) mass is 307 g/mol. The predicted molar refractivity (Wildman–Crippen MR) is 89.9 cm³/mol. The number of benzene rings is 1. The number of nitrogens with one attached hydrogen (secondary N) is 2. The van der Waals surface area contributed by atoms with E-state index in [0.717, 1.165) is 24.2 Å². The summed E-state index contributed by atoms with van der Waals surface area (Å²) in [5.74, 6) is 1.34. The van der Waals surface area contributed by atoms with Crippen LogP contribution < -0.4 is 5.32 Å². The Labute approximate surface area is 133 Å². The van der Waals surface area contributed by atoms with Crippen LogP contribution in [-0.2, 0) is 6.54 Å². The fraction of sp³-hybridized carbons (Fsp3) is 0.278. The molecular formula is C18H17N3S. The summed E-state index contributed by atoms with van der Waals surface area (Å²) in [6, 6.07) is 12.4. The van der Waals surface area contributed by atoms with E-state index in [4.69, 9.17) is 5.26 Å². The molecule has 0 bridgehead atoms. The van der Waals surface area contributed by atoms with Crippen molar-refractivity contribution < 1.29 is 0 Å². The maximum atomic E-state index is 9.07. The number of thiophene rings is 1. The second-order valence-corrected chi connectivity index (χ2v) is 6.96. The highest BCUT2D eigenvalue weighted by molar-refractivity contribution is 7.09. The average Bonchev–Trinajstić information content (AvgIpc) is 2.97. The van der Waals surface area contributed by atoms with Gasteiger partial charge in [-0.05, 0) is 60.0 Å². The molecule has 3 nitrogen and oxygen atoms in total. The quantitative estimate of drug-likeness (QED) is 0.748. The van der Waals surface area contributed by atoms with Crippen molar-refractivity contribution in [3.63, 3.8) is 0 Å². The number of H-pyrrole nitrogens is 1. The van der Waals surface area contributed by atoms with Crippen molar-refractivity contribution in [2.75, 3.05) is 6.54 Å². The molecule has 2 unspecified atom stereocenters. The lowest BCUT2D eigenvalue weighted by molar-refractivity contribution is 0.632. The van der Waals surface area contributed by atoms with Crippen molar-refractivity contribution in [2.45, 2.75) is 18.9 Å². The lowest BCUT2D eigenvalue weighted by Gasteiger charge is -2.02. The minimum atomic E-state index is 0.624. The van der Waals surface area contributed by atoms with Gasteiger partial charge in [0.05, 0.1) is 11.6 Å². The Morgan fingerprint density at radius 2 is 2.32 bits per heavy atom. The summed E-state index contributed by atoms with van der Waals surface area (Å²) < 4.78 is 0. The molecule has 1 fully saturated rings. The van der Waals surface area contributed by atoms with Crippen LogP contribution in [0.4, 0.5) is 0 Å². The third kappa shape index (κ3) is 2.54. The summed E-state index contributed by atoms with van der Waals surface area (Å²) in [6.07, 6.45) is 3.36.